The van der Waals surface area contributed by atoms with Crippen LogP contribution in [-0.2, 0) is 24.3 Å². The lowest BCUT2D eigenvalue weighted by molar-refractivity contribution is 0.0342. The number of imidazole rings is 1. The van der Waals surface area contributed by atoms with Crippen molar-refractivity contribution in [3.8, 4) is 11.3 Å². The van der Waals surface area contributed by atoms with Crippen molar-refractivity contribution in [1.29, 1.82) is 0 Å². The van der Waals surface area contributed by atoms with Gasteiger partial charge in [-0.3, -0.25) is 9.69 Å². The number of nitrogens with zero attached hydrogens (tertiary/aromatic N) is 5. The van der Waals surface area contributed by atoms with Crippen LogP contribution in [-0.4, -0.2) is 63.1 Å². The van der Waals surface area contributed by atoms with Gasteiger partial charge in [0.25, 0.3) is 5.91 Å². The number of nitrogens with one attached hydrogen (secondary N) is 1. The van der Waals surface area contributed by atoms with E-state index in [1.54, 1.807) is 6.20 Å². The van der Waals surface area contributed by atoms with Crippen molar-refractivity contribution in [3.63, 3.8) is 0 Å². The molecule has 1 aliphatic carbocycles. The van der Waals surface area contributed by atoms with E-state index in [0.717, 1.165) is 67.3 Å². The molecule has 5 aromatic rings. The van der Waals surface area contributed by atoms with E-state index in [1.165, 1.54) is 24.0 Å². The Hall–Kier alpha value is -4.57. The van der Waals surface area contributed by atoms with Gasteiger partial charge in [0.15, 0.2) is 11.5 Å². The van der Waals surface area contributed by atoms with Gasteiger partial charge in [-0.05, 0) is 66.1 Å². The number of fused-ring (bicyclic) bond motifs is 2. The van der Waals surface area contributed by atoms with Crippen LogP contribution in [0.1, 0.15) is 51.4 Å². The minimum atomic E-state index is -0.222. The Kier molecular flexibility index (Phi) is 7.29. The molecule has 1 saturated heterocycles. The van der Waals surface area contributed by atoms with Crippen LogP contribution in [0.2, 0.25) is 0 Å². The van der Waals surface area contributed by atoms with E-state index in [0.29, 0.717) is 35.2 Å². The van der Waals surface area contributed by atoms with Gasteiger partial charge in [-0.15, -0.1) is 0 Å². The second-order valence-corrected chi connectivity index (χ2v) is 12.2. The van der Waals surface area contributed by atoms with Crippen LogP contribution in [0, 0.1) is 0 Å². The summed E-state index contributed by atoms with van der Waals surface area (Å²) in [6, 6.07) is 20.5. The summed E-state index contributed by atoms with van der Waals surface area (Å²) >= 11 is 0. The van der Waals surface area contributed by atoms with Crippen molar-refractivity contribution >= 4 is 28.7 Å². The van der Waals surface area contributed by atoms with Gasteiger partial charge in [0.05, 0.1) is 31.2 Å². The van der Waals surface area contributed by atoms with E-state index < -0.39 is 0 Å². The smallest absolute Gasteiger partial charge is 0.258 e. The zero-order valence-corrected chi connectivity index (χ0v) is 25.2. The van der Waals surface area contributed by atoms with Gasteiger partial charge in [0.2, 0.25) is 0 Å². The fraction of sp³-hybridized carbons (Fsp3) is 0.306. The van der Waals surface area contributed by atoms with Crippen LogP contribution in [0.5, 0.6) is 0 Å². The molecule has 0 radical (unpaired) electrons. The predicted molar refractivity (Wildman–Crippen MR) is 174 cm³/mol. The lowest BCUT2D eigenvalue weighted by Gasteiger charge is -2.31. The molecule has 0 bridgehead atoms. The van der Waals surface area contributed by atoms with Gasteiger partial charge < -0.3 is 24.5 Å². The zero-order chi connectivity index (χ0) is 30.3. The zero-order valence-electron chi connectivity index (χ0n) is 25.2. The molecule has 8 rings (SSSR count). The number of hydrogen-bond donors (Lipinski definition) is 2. The highest BCUT2D eigenvalue weighted by Gasteiger charge is 2.30. The molecule has 1 amide bonds. The Bertz CT molecular complexity index is 1870. The lowest BCUT2D eigenvalue weighted by Crippen LogP contribution is -2.38. The van der Waals surface area contributed by atoms with Crippen LogP contribution >= 0.6 is 0 Å². The van der Waals surface area contributed by atoms with Crippen LogP contribution in [0.3, 0.4) is 0 Å². The molecule has 2 aromatic heterocycles. The summed E-state index contributed by atoms with van der Waals surface area (Å²) in [6.45, 7) is 4.71. The number of benzene rings is 3. The quantitative estimate of drug-likeness (QED) is 0.241. The first-order chi connectivity index (χ1) is 22.1. The second-order valence-electron chi connectivity index (χ2n) is 12.2. The first kappa shape index (κ1) is 27.9. The summed E-state index contributed by atoms with van der Waals surface area (Å²) in [6.07, 6.45) is 8.83. The van der Waals surface area contributed by atoms with E-state index >= 15 is 0 Å². The number of hydrogen-bond acceptors (Lipinski definition) is 7. The number of anilines is 3. The van der Waals surface area contributed by atoms with Crippen LogP contribution in [0.4, 0.5) is 17.2 Å². The molecule has 9 heteroatoms. The van der Waals surface area contributed by atoms with E-state index in [2.05, 4.69) is 51.6 Å². The Morgan fingerprint density at radius 3 is 2.62 bits per heavy atom. The number of morpholine rings is 1. The summed E-state index contributed by atoms with van der Waals surface area (Å²) in [7, 11) is 0. The van der Waals surface area contributed by atoms with Gasteiger partial charge >= 0.3 is 0 Å². The average Bonchev–Trinajstić information content (AvgIpc) is 3.82. The maximum atomic E-state index is 13.8. The lowest BCUT2D eigenvalue weighted by atomic mass is 9.93. The summed E-state index contributed by atoms with van der Waals surface area (Å²) in [5.41, 5.74) is 8.93. The topological polar surface area (TPSA) is 95.2 Å². The van der Waals surface area contributed by atoms with Crippen molar-refractivity contribution in [1.82, 2.24) is 19.3 Å². The molecule has 3 aromatic carbocycles. The first-order valence-electron chi connectivity index (χ1n) is 15.8. The first-order valence-corrected chi connectivity index (χ1v) is 15.8. The molecular formula is C36H36N6O3. The summed E-state index contributed by atoms with van der Waals surface area (Å²) in [5, 5.41) is 14.2. The fourth-order valence-electron chi connectivity index (χ4n) is 6.64. The van der Waals surface area contributed by atoms with Crippen molar-refractivity contribution in [2.24, 2.45) is 0 Å². The summed E-state index contributed by atoms with van der Waals surface area (Å²) in [4.78, 5) is 27.5. The summed E-state index contributed by atoms with van der Waals surface area (Å²) < 4.78 is 7.41. The number of carbonyl (C=O) groups is 1. The highest BCUT2D eigenvalue weighted by Crippen LogP contribution is 2.41. The third-order valence-corrected chi connectivity index (χ3v) is 9.24. The van der Waals surface area contributed by atoms with E-state index in [9.17, 15) is 9.90 Å². The normalized spacial score (nSPS) is 17.1. The number of rotatable bonds is 8. The maximum Gasteiger partial charge on any atom is 0.258 e. The number of carbonyl (C=O) groups excluding carboxylic acids is 1. The highest BCUT2D eigenvalue weighted by molar-refractivity contribution is 6.09. The van der Waals surface area contributed by atoms with Crippen molar-refractivity contribution in [3.05, 3.63) is 107 Å². The minimum Gasteiger partial charge on any atom is -0.392 e. The highest BCUT2D eigenvalue weighted by atomic mass is 16.5. The maximum absolute atomic E-state index is 13.8. The molecule has 3 aliphatic rings. The van der Waals surface area contributed by atoms with Crippen molar-refractivity contribution < 1.29 is 14.6 Å². The van der Waals surface area contributed by atoms with Crippen LogP contribution < -0.4 is 10.2 Å². The number of aliphatic hydroxyl groups is 1. The van der Waals surface area contributed by atoms with Crippen molar-refractivity contribution in [2.45, 2.75) is 38.3 Å². The minimum absolute atomic E-state index is 0.0251. The van der Waals surface area contributed by atoms with E-state index in [-0.39, 0.29) is 12.5 Å². The van der Waals surface area contributed by atoms with Gasteiger partial charge in [-0.25, -0.2) is 9.97 Å². The standard InChI is InChI=1S/C36H36N6O3/c43-23-31-30(2-1-3-33(31)42-14-12-27-20-26(25-6-7-25)8-11-29(27)36(42)44)32-22-41-15-13-37-35(41)34(39-32)38-28-9-4-24(5-10-28)21-40-16-18-45-19-17-40/h1-5,8-11,13,15,20,22,25,43H,6-7,12,14,16-19,21,23H2,(H,38,39). The van der Waals surface area contributed by atoms with Gasteiger partial charge in [0.1, 0.15) is 0 Å². The molecule has 0 atom stereocenters. The Balaban J connectivity index is 1.09. The molecule has 0 spiro atoms. The van der Waals surface area contributed by atoms with Crippen molar-refractivity contribution in [2.75, 3.05) is 43.1 Å². The average molecular weight is 601 g/mol. The third-order valence-electron chi connectivity index (χ3n) is 9.24. The predicted octanol–water partition coefficient (Wildman–Crippen LogP) is 5.54. The molecule has 1 saturated carbocycles. The molecule has 2 aliphatic heterocycles. The van der Waals surface area contributed by atoms with E-state index in [4.69, 9.17) is 9.72 Å². The molecule has 4 heterocycles. The number of aromatic nitrogens is 3. The SMILES string of the molecule is O=C1c2ccc(C3CC3)cc2CCN1c1cccc(-c2cn3ccnc3c(Nc3ccc(CN4CCOCC4)cc3)n2)c1CO. The van der Waals surface area contributed by atoms with E-state index in [1.807, 2.05) is 46.0 Å². The molecular weight excluding hydrogens is 564 g/mol. The van der Waals surface area contributed by atoms with Crippen LogP contribution in [0.25, 0.3) is 16.9 Å². The summed E-state index contributed by atoms with van der Waals surface area (Å²) in [5.74, 6) is 1.24. The molecule has 0 unspecified atom stereocenters. The number of aliphatic hydroxyl groups excluding tert-OH is 1. The molecule has 9 nitrogen and oxygen atoms in total. The third kappa shape index (κ3) is 5.48. The molecule has 228 valence electrons. The monoisotopic (exact) mass is 600 g/mol. The fourth-order valence-corrected chi connectivity index (χ4v) is 6.64. The molecule has 2 fully saturated rings. The van der Waals surface area contributed by atoms with Gasteiger partial charge in [0, 0.05) is 67.1 Å². The van der Waals surface area contributed by atoms with Crippen LogP contribution in [0.15, 0.2) is 79.3 Å². The largest absolute Gasteiger partial charge is 0.392 e. The Labute approximate surface area is 262 Å². The Morgan fingerprint density at radius 2 is 1.82 bits per heavy atom. The number of amides is 1. The van der Waals surface area contributed by atoms with Gasteiger partial charge in [-0.1, -0.05) is 36.4 Å². The number of ether oxygens (including phenoxy) is 1. The Morgan fingerprint density at radius 1 is 0.978 bits per heavy atom. The molecule has 45 heavy (non-hydrogen) atoms. The second kappa shape index (κ2) is 11.7. The van der Waals surface area contributed by atoms with Gasteiger partial charge in [-0.2, -0.15) is 0 Å². The molecule has 2 N–H and O–H groups in total.